The van der Waals surface area contributed by atoms with Gasteiger partial charge in [0.2, 0.25) is 0 Å². The van der Waals surface area contributed by atoms with Crippen LogP contribution in [0, 0.1) is 0 Å². The maximum absolute atomic E-state index is 11.9. The van der Waals surface area contributed by atoms with Crippen LogP contribution in [0.5, 0.6) is 0 Å². The lowest BCUT2D eigenvalue weighted by Crippen LogP contribution is -2.27. The second kappa shape index (κ2) is 6.90. The fourth-order valence-electron chi connectivity index (χ4n) is 2.72. The smallest absolute Gasteiger partial charge is 0.283 e. The van der Waals surface area contributed by atoms with Gasteiger partial charge < -0.3 is 9.84 Å². The Balaban J connectivity index is 0.00000147. The molecule has 5 heteroatoms. The zero-order valence-electron chi connectivity index (χ0n) is 11.2. The van der Waals surface area contributed by atoms with Crippen LogP contribution in [0.25, 0.3) is 0 Å². The standard InChI is InChI=1S/C15H18N2O2.BrH/c18-15-13(10-11-4-2-1-3-5-11)14(19-17-15)12-6-8-16-9-7-12;/h1-5,12,16H,6-10H2,(H,17,18);1H. The molecular formula is C15H19BrN2O2. The molecule has 1 aromatic carbocycles. The number of aromatic amines is 1. The minimum Gasteiger partial charge on any atom is -0.383 e. The van der Waals surface area contributed by atoms with E-state index >= 15 is 0 Å². The van der Waals surface area contributed by atoms with Gasteiger partial charge in [0.25, 0.3) is 5.56 Å². The predicted octanol–water partition coefficient (Wildman–Crippen LogP) is 2.60. The monoisotopic (exact) mass is 338 g/mol. The number of nitrogens with one attached hydrogen (secondary N) is 2. The summed E-state index contributed by atoms with van der Waals surface area (Å²) in [5, 5.41) is 5.83. The number of H-pyrrole nitrogens is 1. The van der Waals surface area contributed by atoms with Crippen LogP contribution in [0.4, 0.5) is 0 Å². The molecule has 0 unspecified atom stereocenters. The van der Waals surface area contributed by atoms with Crippen molar-refractivity contribution in [2.75, 3.05) is 13.1 Å². The molecule has 0 spiro atoms. The van der Waals surface area contributed by atoms with Gasteiger partial charge in [-0.1, -0.05) is 30.3 Å². The first-order valence-electron chi connectivity index (χ1n) is 6.79. The zero-order chi connectivity index (χ0) is 13.1. The highest BCUT2D eigenvalue weighted by atomic mass is 79.9. The molecule has 3 rings (SSSR count). The third-order valence-electron chi connectivity index (χ3n) is 3.76. The van der Waals surface area contributed by atoms with Gasteiger partial charge in [0.05, 0.1) is 5.56 Å². The molecule has 0 saturated carbocycles. The second-order valence-corrected chi connectivity index (χ2v) is 5.06. The van der Waals surface area contributed by atoms with Crippen LogP contribution in [0.2, 0.25) is 0 Å². The molecule has 1 aromatic heterocycles. The fraction of sp³-hybridized carbons (Fsp3) is 0.400. The molecule has 0 atom stereocenters. The highest BCUT2D eigenvalue weighted by molar-refractivity contribution is 8.93. The van der Waals surface area contributed by atoms with Gasteiger partial charge in [-0.15, -0.1) is 17.0 Å². The Morgan fingerprint density at radius 2 is 1.85 bits per heavy atom. The van der Waals surface area contributed by atoms with Gasteiger partial charge in [-0.05, 0) is 31.5 Å². The van der Waals surface area contributed by atoms with Gasteiger partial charge in [0, 0.05) is 12.3 Å². The molecule has 0 aliphatic carbocycles. The van der Waals surface area contributed by atoms with Gasteiger partial charge >= 0.3 is 0 Å². The maximum Gasteiger partial charge on any atom is 0.283 e. The summed E-state index contributed by atoms with van der Waals surface area (Å²) in [4.78, 5) is 11.9. The number of hydrogen-bond donors (Lipinski definition) is 2. The average molecular weight is 339 g/mol. The van der Waals surface area contributed by atoms with E-state index in [0.717, 1.165) is 42.8 Å². The number of piperidine rings is 1. The van der Waals surface area contributed by atoms with E-state index < -0.39 is 0 Å². The lowest BCUT2D eigenvalue weighted by molar-refractivity contribution is 0.324. The molecular weight excluding hydrogens is 320 g/mol. The summed E-state index contributed by atoms with van der Waals surface area (Å²) in [5.74, 6) is 1.22. The van der Waals surface area contributed by atoms with Crippen molar-refractivity contribution < 1.29 is 4.52 Å². The van der Waals surface area contributed by atoms with Gasteiger partial charge in [-0.25, -0.2) is 0 Å². The Morgan fingerprint density at radius 3 is 2.55 bits per heavy atom. The first-order chi connectivity index (χ1) is 9.34. The molecule has 2 N–H and O–H groups in total. The molecule has 0 bridgehead atoms. The van der Waals surface area contributed by atoms with E-state index in [-0.39, 0.29) is 22.5 Å². The molecule has 20 heavy (non-hydrogen) atoms. The molecule has 0 radical (unpaired) electrons. The highest BCUT2D eigenvalue weighted by Gasteiger charge is 2.24. The fourth-order valence-corrected chi connectivity index (χ4v) is 2.72. The molecule has 1 aliphatic heterocycles. The largest absolute Gasteiger partial charge is 0.383 e. The Morgan fingerprint density at radius 1 is 1.15 bits per heavy atom. The lowest BCUT2D eigenvalue weighted by atomic mass is 9.91. The van der Waals surface area contributed by atoms with Crippen molar-refractivity contribution >= 4 is 17.0 Å². The van der Waals surface area contributed by atoms with Crippen LogP contribution in [0.15, 0.2) is 39.6 Å². The molecule has 2 heterocycles. The van der Waals surface area contributed by atoms with Crippen molar-refractivity contribution in [3.8, 4) is 0 Å². The van der Waals surface area contributed by atoms with E-state index in [4.69, 9.17) is 4.52 Å². The second-order valence-electron chi connectivity index (χ2n) is 5.06. The third-order valence-corrected chi connectivity index (χ3v) is 3.76. The van der Waals surface area contributed by atoms with E-state index in [1.165, 1.54) is 0 Å². The quantitative estimate of drug-likeness (QED) is 0.904. The summed E-state index contributed by atoms with van der Waals surface area (Å²) in [6, 6.07) is 10.1. The normalized spacial score (nSPS) is 15.8. The van der Waals surface area contributed by atoms with Crippen LogP contribution in [-0.2, 0) is 6.42 Å². The molecule has 108 valence electrons. The van der Waals surface area contributed by atoms with E-state index in [1.807, 2.05) is 30.3 Å². The van der Waals surface area contributed by atoms with Crippen molar-refractivity contribution in [2.24, 2.45) is 0 Å². The molecule has 2 aromatic rings. The van der Waals surface area contributed by atoms with Crippen molar-refractivity contribution in [3.63, 3.8) is 0 Å². The van der Waals surface area contributed by atoms with E-state index in [2.05, 4.69) is 10.5 Å². The number of rotatable bonds is 3. The minimum atomic E-state index is -0.0858. The van der Waals surface area contributed by atoms with Gasteiger partial charge in [-0.3, -0.25) is 4.79 Å². The van der Waals surface area contributed by atoms with Crippen LogP contribution in [-0.4, -0.2) is 18.2 Å². The molecule has 4 nitrogen and oxygen atoms in total. The van der Waals surface area contributed by atoms with Crippen LogP contribution >= 0.6 is 17.0 Å². The van der Waals surface area contributed by atoms with Crippen molar-refractivity contribution in [1.29, 1.82) is 0 Å². The molecule has 1 saturated heterocycles. The predicted molar refractivity (Wildman–Crippen MR) is 83.7 cm³/mol. The number of benzene rings is 1. The van der Waals surface area contributed by atoms with E-state index in [0.29, 0.717) is 12.3 Å². The Bertz CT molecular complexity index is 585. The van der Waals surface area contributed by atoms with Crippen molar-refractivity contribution in [1.82, 2.24) is 10.5 Å². The summed E-state index contributed by atoms with van der Waals surface area (Å²) in [7, 11) is 0. The van der Waals surface area contributed by atoms with Gasteiger partial charge in [-0.2, -0.15) is 5.16 Å². The topological polar surface area (TPSA) is 58.0 Å². The Kier molecular flexibility index (Phi) is 5.20. The summed E-state index contributed by atoms with van der Waals surface area (Å²) in [5.41, 5.74) is 1.85. The third kappa shape index (κ3) is 3.22. The maximum atomic E-state index is 11.9. The van der Waals surface area contributed by atoms with E-state index in [1.54, 1.807) is 0 Å². The number of aromatic nitrogens is 1. The van der Waals surface area contributed by atoms with Crippen LogP contribution in [0.3, 0.4) is 0 Å². The van der Waals surface area contributed by atoms with Crippen molar-refractivity contribution in [2.45, 2.75) is 25.2 Å². The zero-order valence-corrected chi connectivity index (χ0v) is 12.9. The number of hydrogen-bond acceptors (Lipinski definition) is 3. The SMILES string of the molecule is Br.O=c1[nH]oc(C2CCNCC2)c1Cc1ccccc1. The number of halogens is 1. The van der Waals surface area contributed by atoms with Crippen LogP contribution in [0.1, 0.15) is 35.6 Å². The van der Waals surface area contributed by atoms with Crippen molar-refractivity contribution in [3.05, 3.63) is 57.6 Å². The molecule has 0 amide bonds. The lowest BCUT2D eigenvalue weighted by Gasteiger charge is -2.20. The summed E-state index contributed by atoms with van der Waals surface area (Å²) in [6.45, 7) is 1.98. The minimum absolute atomic E-state index is 0. The first kappa shape index (κ1) is 15.1. The summed E-state index contributed by atoms with van der Waals surface area (Å²) < 4.78 is 5.44. The summed E-state index contributed by atoms with van der Waals surface area (Å²) in [6.07, 6.45) is 2.71. The van der Waals surface area contributed by atoms with Gasteiger partial charge in [0.15, 0.2) is 0 Å². The average Bonchev–Trinajstić information content (AvgIpc) is 2.82. The Hall–Kier alpha value is -1.33. The Labute approximate surface area is 128 Å². The highest BCUT2D eigenvalue weighted by Crippen LogP contribution is 2.27. The van der Waals surface area contributed by atoms with Crippen LogP contribution < -0.4 is 10.9 Å². The summed E-state index contributed by atoms with van der Waals surface area (Å²) >= 11 is 0. The first-order valence-corrected chi connectivity index (χ1v) is 6.79. The van der Waals surface area contributed by atoms with E-state index in [9.17, 15) is 4.79 Å². The molecule has 1 fully saturated rings. The molecule has 1 aliphatic rings. The van der Waals surface area contributed by atoms with Gasteiger partial charge in [0.1, 0.15) is 5.76 Å².